The van der Waals surface area contributed by atoms with Crippen molar-refractivity contribution in [3.8, 4) is 0 Å². The van der Waals surface area contributed by atoms with Gasteiger partial charge in [0.05, 0.1) is 5.60 Å². The van der Waals surface area contributed by atoms with Crippen LogP contribution in [-0.4, -0.2) is 42.0 Å². The molecule has 26 heavy (non-hydrogen) atoms. The van der Waals surface area contributed by atoms with Crippen LogP contribution in [0.25, 0.3) is 0 Å². The maximum Gasteiger partial charge on any atom is 0.0854 e. The van der Waals surface area contributed by atoms with Gasteiger partial charge in [-0.1, -0.05) is 56.3 Å². The number of hydrogen-bond donors (Lipinski definition) is 1. The zero-order valence-electron chi connectivity index (χ0n) is 16.8. The van der Waals surface area contributed by atoms with Crippen molar-refractivity contribution >= 4 is 11.8 Å². The number of hydrogen-bond acceptors (Lipinski definition) is 3. The van der Waals surface area contributed by atoms with Crippen LogP contribution in [0, 0.1) is 5.92 Å². The molecule has 2 aromatic rings. The van der Waals surface area contributed by atoms with Crippen LogP contribution in [-0.2, 0) is 0 Å². The van der Waals surface area contributed by atoms with Crippen LogP contribution < -0.4 is 0 Å². The Morgan fingerprint density at radius 2 is 1.54 bits per heavy atom. The van der Waals surface area contributed by atoms with Gasteiger partial charge in [0.2, 0.25) is 0 Å². The van der Waals surface area contributed by atoms with E-state index in [2.05, 4.69) is 50.2 Å². The average molecular weight is 372 g/mol. The minimum Gasteiger partial charge on any atom is -0.388 e. The first-order chi connectivity index (χ1) is 12.3. The molecule has 3 heteroatoms. The lowest BCUT2D eigenvalue weighted by Gasteiger charge is -2.36. The highest BCUT2D eigenvalue weighted by atomic mass is 32.2. The molecule has 0 aliphatic rings. The fourth-order valence-corrected chi connectivity index (χ4v) is 4.61. The fourth-order valence-electron chi connectivity index (χ4n) is 3.46. The second-order valence-corrected chi connectivity index (χ2v) is 9.21. The third-order valence-electron chi connectivity index (χ3n) is 4.57. The second kappa shape index (κ2) is 9.59. The molecule has 0 bridgehead atoms. The van der Waals surface area contributed by atoms with E-state index in [0.717, 1.165) is 22.8 Å². The van der Waals surface area contributed by atoms with Crippen molar-refractivity contribution in [3.05, 3.63) is 65.7 Å². The van der Waals surface area contributed by atoms with Crippen LogP contribution in [0.4, 0.5) is 0 Å². The third kappa shape index (κ3) is 6.15. The molecule has 2 rings (SSSR count). The van der Waals surface area contributed by atoms with Crippen molar-refractivity contribution in [2.24, 2.45) is 5.92 Å². The Bertz CT molecular complexity index is 650. The van der Waals surface area contributed by atoms with Gasteiger partial charge in [0.25, 0.3) is 0 Å². The van der Waals surface area contributed by atoms with Crippen LogP contribution >= 0.6 is 11.8 Å². The smallest absolute Gasteiger partial charge is 0.0854 e. The predicted molar refractivity (Wildman–Crippen MR) is 114 cm³/mol. The highest BCUT2D eigenvalue weighted by molar-refractivity contribution is 7.99. The molecular formula is C23H33NOS. The zero-order chi connectivity index (χ0) is 19.2. The Balaban J connectivity index is 2.25. The van der Waals surface area contributed by atoms with E-state index >= 15 is 0 Å². The average Bonchev–Trinajstić information content (AvgIpc) is 2.56. The summed E-state index contributed by atoms with van der Waals surface area (Å²) in [5.41, 5.74) is 1.47. The largest absolute Gasteiger partial charge is 0.388 e. The topological polar surface area (TPSA) is 23.5 Å². The minimum absolute atomic E-state index is 0.0548. The molecule has 2 aromatic carbocycles. The standard InChI is InChI=1S/C23H33NOS/c1-18(2)15-16-26-21-13-11-20(12-14-21)22(19-9-7-6-8-10-19)23(3,25)17-24(4)5/h6-14,18,22,25H,15-17H2,1-5H3. The van der Waals surface area contributed by atoms with Crippen LogP contribution in [0.1, 0.15) is 44.2 Å². The van der Waals surface area contributed by atoms with Gasteiger partial charge >= 0.3 is 0 Å². The summed E-state index contributed by atoms with van der Waals surface area (Å²) in [7, 11) is 4.01. The van der Waals surface area contributed by atoms with Crippen molar-refractivity contribution in [2.75, 3.05) is 26.4 Å². The van der Waals surface area contributed by atoms with E-state index < -0.39 is 5.60 Å². The van der Waals surface area contributed by atoms with Gasteiger partial charge in [0.15, 0.2) is 0 Å². The summed E-state index contributed by atoms with van der Waals surface area (Å²) in [5.74, 6) is 1.84. The number of rotatable bonds is 9. The molecule has 0 spiro atoms. The lowest BCUT2D eigenvalue weighted by molar-refractivity contribution is 0.0183. The van der Waals surface area contributed by atoms with Gasteiger partial charge in [-0.05, 0) is 62.4 Å². The number of thioether (sulfide) groups is 1. The molecule has 0 heterocycles. The van der Waals surface area contributed by atoms with Crippen molar-refractivity contribution < 1.29 is 5.11 Å². The van der Waals surface area contributed by atoms with Gasteiger partial charge in [0.1, 0.15) is 0 Å². The number of benzene rings is 2. The molecule has 142 valence electrons. The molecule has 0 amide bonds. The van der Waals surface area contributed by atoms with Crippen LogP contribution in [0.2, 0.25) is 0 Å². The summed E-state index contributed by atoms with van der Waals surface area (Å²) in [6.07, 6.45) is 1.23. The Kier molecular flexibility index (Phi) is 7.75. The molecule has 0 aliphatic heterocycles. The lowest BCUT2D eigenvalue weighted by atomic mass is 9.78. The first-order valence-corrected chi connectivity index (χ1v) is 10.4. The summed E-state index contributed by atoms with van der Waals surface area (Å²) in [6.45, 7) is 7.08. The van der Waals surface area contributed by atoms with E-state index in [1.165, 1.54) is 11.3 Å². The zero-order valence-corrected chi connectivity index (χ0v) is 17.6. The van der Waals surface area contributed by atoms with Crippen LogP contribution in [0.15, 0.2) is 59.5 Å². The van der Waals surface area contributed by atoms with E-state index in [1.807, 2.05) is 55.9 Å². The van der Waals surface area contributed by atoms with E-state index in [9.17, 15) is 5.11 Å². The molecule has 0 saturated carbocycles. The number of nitrogens with zero attached hydrogens (tertiary/aromatic N) is 1. The molecule has 0 aromatic heterocycles. The van der Waals surface area contributed by atoms with Gasteiger partial charge in [-0.2, -0.15) is 0 Å². The van der Waals surface area contributed by atoms with E-state index in [1.54, 1.807) is 0 Å². The maximum atomic E-state index is 11.3. The molecule has 2 atom stereocenters. The number of likely N-dealkylation sites (N-methyl/N-ethyl adjacent to an activating group) is 1. The van der Waals surface area contributed by atoms with Gasteiger partial charge in [-0.3, -0.25) is 0 Å². The summed E-state index contributed by atoms with van der Waals surface area (Å²) in [4.78, 5) is 3.35. The third-order valence-corrected chi connectivity index (χ3v) is 5.61. The first kappa shape index (κ1) is 21.0. The van der Waals surface area contributed by atoms with Gasteiger partial charge in [0, 0.05) is 17.4 Å². The van der Waals surface area contributed by atoms with Gasteiger partial charge in [-0.15, -0.1) is 11.8 Å². The molecule has 0 saturated heterocycles. The van der Waals surface area contributed by atoms with E-state index in [-0.39, 0.29) is 5.92 Å². The minimum atomic E-state index is -0.850. The fraction of sp³-hybridized carbons (Fsp3) is 0.478. The van der Waals surface area contributed by atoms with Crippen molar-refractivity contribution in [2.45, 2.75) is 43.6 Å². The summed E-state index contributed by atoms with van der Waals surface area (Å²) in [5, 5.41) is 11.3. The SMILES string of the molecule is CC(C)CCSc1ccc(C(c2ccccc2)C(C)(O)CN(C)C)cc1. The van der Waals surface area contributed by atoms with Crippen LogP contribution in [0.5, 0.6) is 0 Å². The molecule has 0 fully saturated rings. The highest BCUT2D eigenvalue weighted by Crippen LogP contribution is 2.36. The summed E-state index contributed by atoms with van der Waals surface area (Å²) < 4.78 is 0. The predicted octanol–water partition coefficient (Wildman–Crippen LogP) is 5.27. The second-order valence-electron chi connectivity index (χ2n) is 8.04. The number of aliphatic hydroxyl groups is 1. The summed E-state index contributed by atoms with van der Waals surface area (Å²) >= 11 is 1.91. The van der Waals surface area contributed by atoms with Crippen molar-refractivity contribution in [1.29, 1.82) is 0 Å². The quantitative estimate of drug-likeness (QED) is 0.608. The Hall–Kier alpha value is -1.29. The highest BCUT2D eigenvalue weighted by Gasteiger charge is 2.34. The normalized spacial score (nSPS) is 15.2. The van der Waals surface area contributed by atoms with E-state index in [0.29, 0.717) is 6.54 Å². The molecule has 1 N–H and O–H groups in total. The molecular weight excluding hydrogens is 338 g/mol. The molecule has 0 radical (unpaired) electrons. The lowest BCUT2D eigenvalue weighted by Crippen LogP contribution is -2.43. The maximum absolute atomic E-state index is 11.3. The summed E-state index contributed by atoms with van der Waals surface area (Å²) in [6, 6.07) is 19.1. The Morgan fingerprint density at radius 1 is 0.962 bits per heavy atom. The van der Waals surface area contributed by atoms with Crippen LogP contribution in [0.3, 0.4) is 0 Å². The van der Waals surface area contributed by atoms with Crippen molar-refractivity contribution in [3.63, 3.8) is 0 Å². The Morgan fingerprint density at radius 3 is 2.08 bits per heavy atom. The van der Waals surface area contributed by atoms with Crippen molar-refractivity contribution in [1.82, 2.24) is 4.90 Å². The van der Waals surface area contributed by atoms with Gasteiger partial charge in [-0.25, -0.2) is 0 Å². The molecule has 2 nitrogen and oxygen atoms in total. The van der Waals surface area contributed by atoms with Gasteiger partial charge < -0.3 is 10.0 Å². The first-order valence-electron chi connectivity index (χ1n) is 9.44. The van der Waals surface area contributed by atoms with E-state index in [4.69, 9.17) is 0 Å². The monoisotopic (exact) mass is 371 g/mol. The molecule has 0 aliphatic carbocycles. The molecule has 2 unspecified atom stereocenters. The Labute approximate surface area is 163 Å².